The maximum Gasteiger partial charge on any atom is 0.278 e. The fourth-order valence-corrected chi connectivity index (χ4v) is 5.85. The number of fused-ring (bicyclic) bond motifs is 2. The molecule has 6 rings (SSSR count). The van der Waals surface area contributed by atoms with E-state index in [-0.39, 0.29) is 5.56 Å². The zero-order chi connectivity index (χ0) is 26.6. The summed E-state index contributed by atoms with van der Waals surface area (Å²) in [4.78, 5) is 29.8. The summed E-state index contributed by atoms with van der Waals surface area (Å²) in [5.41, 5.74) is 5.26. The third-order valence-electron chi connectivity index (χ3n) is 7.14. The van der Waals surface area contributed by atoms with Crippen LogP contribution < -0.4 is 15.6 Å². The molecule has 2 aliphatic rings. The topological polar surface area (TPSA) is 110 Å². The first-order chi connectivity index (χ1) is 18.1. The van der Waals surface area contributed by atoms with Gasteiger partial charge in [0.25, 0.3) is 5.56 Å². The Labute approximate surface area is 222 Å². The van der Waals surface area contributed by atoms with Crippen LogP contribution in [0.2, 0.25) is 0 Å². The van der Waals surface area contributed by atoms with Gasteiger partial charge in [0.05, 0.1) is 0 Å². The first kappa shape index (κ1) is 24.7. The minimum atomic E-state index is -2.56. The minimum absolute atomic E-state index is 0.136. The van der Waals surface area contributed by atoms with Gasteiger partial charge in [0.2, 0.25) is 5.95 Å². The number of aryl methyl sites for hydroxylation is 1. The second-order valence-electron chi connectivity index (χ2n) is 11.0. The molecule has 0 atom stereocenters. The SMILES string of the molecule is Cc1cc(Nc2ncc3c(=O)n(CC4CC4)n(-c4cccc(N[SH](C)(C)=O)n4)c3n2)cc2c1CCN(C)C2. The zero-order valence-corrected chi connectivity index (χ0v) is 23.1. The third-order valence-corrected chi connectivity index (χ3v) is 7.91. The van der Waals surface area contributed by atoms with Gasteiger partial charge in [-0.15, -0.1) is 0 Å². The van der Waals surface area contributed by atoms with Crippen LogP contribution in [0.3, 0.4) is 0 Å². The number of likely N-dealkylation sites (N-methyl/N-ethyl adjacent to an activating group) is 1. The fraction of sp³-hybridized carbons (Fsp3) is 0.407. The number of aromatic nitrogens is 5. The van der Waals surface area contributed by atoms with Crippen LogP contribution in [-0.4, -0.2) is 59.5 Å². The van der Waals surface area contributed by atoms with Crippen molar-refractivity contribution in [3.63, 3.8) is 0 Å². The number of hydrogen-bond donors (Lipinski definition) is 3. The largest absolute Gasteiger partial charge is 0.324 e. The predicted molar refractivity (Wildman–Crippen MR) is 153 cm³/mol. The molecule has 2 N–H and O–H groups in total. The maximum atomic E-state index is 13.5. The van der Waals surface area contributed by atoms with Crippen molar-refractivity contribution in [1.82, 2.24) is 29.2 Å². The lowest BCUT2D eigenvalue weighted by Gasteiger charge is -2.27. The Hall–Kier alpha value is -3.57. The maximum absolute atomic E-state index is 13.5. The molecule has 4 heterocycles. The smallest absolute Gasteiger partial charge is 0.278 e. The van der Waals surface area contributed by atoms with E-state index in [0.29, 0.717) is 41.1 Å². The number of nitrogens with zero attached hydrogens (tertiary/aromatic N) is 6. The van der Waals surface area contributed by atoms with Gasteiger partial charge in [0, 0.05) is 44.0 Å². The van der Waals surface area contributed by atoms with E-state index >= 15 is 0 Å². The van der Waals surface area contributed by atoms with Crippen LogP contribution in [0.1, 0.15) is 29.5 Å². The Balaban J connectivity index is 1.43. The van der Waals surface area contributed by atoms with Gasteiger partial charge in [0.15, 0.2) is 11.5 Å². The molecule has 0 unspecified atom stereocenters. The molecule has 0 spiro atoms. The summed E-state index contributed by atoms with van der Waals surface area (Å²) >= 11 is 0. The standard InChI is InChI=1S/C27H34N8O2S/c1-17-12-20(13-19-16-33(2)11-10-21(17)19)29-27-28-14-22-25(31-27)35(34(26(22)36)15-18-8-9-18)24-7-5-6-23(30-24)32-38(3,4)37/h5-7,12-14,18,38H,8-11,15-16H2,1-4H3,(H,28,29,31)(H,30,32,37). The molecule has 0 bridgehead atoms. The molecule has 0 radical (unpaired) electrons. The number of rotatable bonds is 7. The molecule has 3 aromatic heterocycles. The summed E-state index contributed by atoms with van der Waals surface area (Å²) in [5, 5.41) is 3.81. The molecular weight excluding hydrogens is 500 g/mol. The normalized spacial score (nSPS) is 16.4. The zero-order valence-electron chi connectivity index (χ0n) is 22.2. The van der Waals surface area contributed by atoms with E-state index in [0.717, 1.165) is 38.0 Å². The fourth-order valence-electron chi connectivity index (χ4n) is 5.17. The molecule has 0 saturated heterocycles. The van der Waals surface area contributed by atoms with Crippen molar-refractivity contribution in [3.05, 3.63) is 63.6 Å². The first-order valence-corrected chi connectivity index (χ1v) is 15.6. The number of pyridine rings is 1. The van der Waals surface area contributed by atoms with Gasteiger partial charge in [-0.25, -0.2) is 19.3 Å². The van der Waals surface area contributed by atoms with Gasteiger partial charge in [-0.2, -0.15) is 4.98 Å². The van der Waals surface area contributed by atoms with Crippen LogP contribution in [0.4, 0.5) is 17.5 Å². The Bertz CT molecular complexity index is 1650. The number of anilines is 3. The summed E-state index contributed by atoms with van der Waals surface area (Å²) in [5.74, 6) is 1.91. The molecule has 4 aromatic rings. The number of benzene rings is 1. The van der Waals surface area contributed by atoms with Crippen molar-refractivity contribution in [2.75, 3.05) is 36.1 Å². The van der Waals surface area contributed by atoms with Crippen molar-refractivity contribution in [2.45, 2.75) is 39.3 Å². The average Bonchev–Trinajstić information content (AvgIpc) is 3.62. The lowest BCUT2D eigenvalue weighted by Crippen LogP contribution is -2.27. The Morgan fingerprint density at radius 3 is 2.74 bits per heavy atom. The third kappa shape index (κ3) is 4.95. The van der Waals surface area contributed by atoms with Crippen molar-refractivity contribution < 1.29 is 4.21 Å². The van der Waals surface area contributed by atoms with E-state index in [9.17, 15) is 9.00 Å². The molecule has 11 heteroatoms. The number of thiol groups is 1. The van der Waals surface area contributed by atoms with Gasteiger partial charge in [-0.3, -0.25) is 9.00 Å². The lowest BCUT2D eigenvalue weighted by atomic mass is 9.94. The second-order valence-corrected chi connectivity index (χ2v) is 13.9. The molecule has 1 aromatic carbocycles. The van der Waals surface area contributed by atoms with Crippen LogP contribution in [0.25, 0.3) is 16.9 Å². The van der Waals surface area contributed by atoms with Crippen LogP contribution in [0.15, 0.2) is 41.3 Å². The Morgan fingerprint density at radius 2 is 1.97 bits per heavy atom. The van der Waals surface area contributed by atoms with Crippen LogP contribution in [0.5, 0.6) is 0 Å². The van der Waals surface area contributed by atoms with Crippen molar-refractivity contribution in [1.29, 1.82) is 0 Å². The van der Waals surface area contributed by atoms with Gasteiger partial charge in [0.1, 0.15) is 11.2 Å². The monoisotopic (exact) mass is 534 g/mol. The molecule has 1 saturated carbocycles. The minimum Gasteiger partial charge on any atom is -0.324 e. The van der Waals surface area contributed by atoms with E-state index in [1.807, 2.05) is 12.1 Å². The highest BCUT2D eigenvalue weighted by Gasteiger charge is 2.27. The Kier molecular flexibility index (Phi) is 6.07. The van der Waals surface area contributed by atoms with Gasteiger partial charge >= 0.3 is 0 Å². The highest BCUT2D eigenvalue weighted by Crippen LogP contribution is 2.31. The molecule has 10 nitrogen and oxygen atoms in total. The highest BCUT2D eigenvalue weighted by atomic mass is 32.3. The summed E-state index contributed by atoms with van der Waals surface area (Å²) in [6.45, 7) is 4.71. The molecule has 200 valence electrons. The van der Waals surface area contributed by atoms with E-state index < -0.39 is 10.1 Å². The summed E-state index contributed by atoms with van der Waals surface area (Å²) < 4.78 is 18.9. The summed E-state index contributed by atoms with van der Waals surface area (Å²) in [7, 11) is -0.421. The van der Waals surface area contributed by atoms with Crippen LogP contribution >= 0.6 is 0 Å². The quantitative estimate of drug-likeness (QED) is 0.313. The molecule has 0 amide bonds. The van der Waals surface area contributed by atoms with E-state index in [2.05, 4.69) is 46.0 Å². The average molecular weight is 535 g/mol. The van der Waals surface area contributed by atoms with Crippen molar-refractivity contribution >= 4 is 38.6 Å². The number of nitrogens with one attached hydrogen (secondary N) is 2. The van der Waals surface area contributed by atoms with Crippen LogP contribution in [-0.2, 0) is 29.6 Å². The Morgan fingerprint density at radius 1 is 1.16 bits per heavy atom. The molecule has 1 aliphatic carbocycles. The molecule has 1 aliphatic heterocycles. The first-order valence-electron chi connectivity index (χ1n) is 13.0. The highest BCUT2D eigenvalue weighted by molar-refractivity contribution is 8.02. The summed E-state index contributed by atoms with van der Waals surface area (Å²) in [6.07, 6.45) is 8.16. The molecule has 1 fully saturated rings. The van der Waals surface area contributed by atoms with Gasteiger partial charge in [-0.1, -0.05) is 6.07 Å². The van der Waals surface area contributed by atoms with Gasteiger partial charge in [-0.05, 0) is 90.2 Å². The second kappa shape index (κ2) is 9.32. The molecular formula is C27H34N8O2S. The van der Waals surface area contributed by atoms with Crippen molar-refractivity contribution in [3.8, 4) is 5.82 Å². The van der Waals surface area contributed by atoms with Gasteiger partial charge < -0.3 is 14.9 Å². The van der Waals surface area contributed by atoms with E-state index in [1.165, 1.54) is 16.7 Å². The van der Waals surface area contributed by atoms with E-state index in [1.54, 1.807) is 34.1 Å². The lowest BCUT2D eigenvalue weighted by molar-refractivity contribution is 0.312. The predicted octanol–water partition coefficient (Wildman–Crippen LogP) is 3.03. The summed E-state index contributed by atoms with van der Waals surface area (Å²) in [6, 6.07) is 9.75. The van der Waals surface area contributed by atoms with E-state index in [4.69, 9.17) is 9.97 Å². The van der Waals surface area contributed by atoms with Crippen LogP contribution in [0, 0.1) is 12.8 Å². The molecule has 38 heavy (non-hydrogen) atoms. The number of hydrogen-bond acceptors (Lipinski definition) is 7. The van der Waals surface area contributed by atoms with Crippen molar-refractivity contribution in [2.24, 2.45) is 5.92 Å².